The minimum absolute atomic E-state index is 0.174. The molecule has 1 aromatic heterocycles. The van der Waals surface area contributed by atoms with Crippen LogP contribution in [0.2, 0.25) is 5.02 Å². The van der Waals surface area contributed by atoms with Crippen molar-refractivity contribution in [3.05, 3.63) is 41.7 Å². The highest BCUT2D eigenvalue weighted by atomic mass is 35.5. The van der Waals surface area contributed by atoms with Crippen LogP contribution in [-0.2, 0) is 6.42 Å². The molecular formula is C10H14ClN3. The number of hydrogen-bond donors (Lipinski definition) is 2. The highest BCUT2D eigenvalue weighted by Crippen LogP contribution is 2.15. The van der Waals surface area contributed by atoms with Gasteiger partial charge in [0.1, 0.15) is 0 Å². The van der Waals surface area contributed by atoms with E-state index in [1.807, 2.05) is 12.1 Å². The molecule has 0 saturated heterocycles. The standard InChI is InChI=1S/C10H14ClN3/c1-2-3-9(14-12)6-8-4-5-13-7-10(8)11/h2,4-5,7,9,14H,1,3,6,12H2. The van der Waals surface area contributed by atoms with Crippen molar-refractivity contribution < 1.29 is 0 Å². The van der Waals surface area contributed by atoms with Crippen molar-refractivity contribution in [2.45, 2.75) is 18.9 Å². The summed E-state index contributed by atoms with van der Waals surface area (Å²) in [6, 6.07) is 2.07. The first-order chi connectivity index (χ1) is 6.77. The van der Waals surface area contributed by atoms with E-state index in [0.29, 0.717) is 5.02 Å². The van der Waals surface area contributed by atoms with Gasteiger partial charge >= 0.3 is 0 Å². The second-order valence-corrected chi connectivity index (χ2v) is 3.47. The zero-order valence-corrected chi connectivity index (χ0v) is 8.67. The lowest BCUT2D eigenvalue weighted by molar-refractivity contribution is 0.531. The molecule has 0 radical (unpaired) electrons. The van der Waals surface area contributed by atoms with Crippen molar-refractivity contribution in [1.82, 2.24) is 10.4 Å². The number of rotatable bonds is 5. The summed E-state index contributed by atoms with van der Waals surface area (Å²) in [5.41, 5.74) is 3.78. The number of pyridine rings is 1. The molecule has 76 valence electrons. The molecule has 0 bridgehead atoms. The van der Waals surface area contributed by atoms with Crippen LogP contribution in [0.4, 0.5) is 0 Å². The third-order valence-corrected chi connectivity index (χ3v) is 2.35. The quantitative estimate of drug-likeness (QED) is 0.443. The number of nitrogens with one attached hydrogen (secondary N) is 1. The van der Waals surface area contributed by atoms with Gasteiger partial charge in [-0.05, 0) is 24.5 Å². The predicted octanol–water partition coefficient (Wildman–Crippen LogP) is 1.69. The van der Waals surface area contributed by atoms with E-state index in [-0.39, 0.29) is 6.04 Å². The van der Waals surface area contributed by atoms with E-state index in [9.17, 15) is 0 Å². The average Bonchev–Trinajstić information content (AvgIpc) is 2.20. The molecule has 0 fully saturated rings. The Morgan fingerprint density at radius 1 is 1.71 bits per heavy atom. The van der Waals surface area contributed by atoms with Gasteiger partial charge in [0.05, 0.1) is 5.02 Å². The van der Waals surface area contributed by atoms with Crippen LogP contribution < -0.4 is 11.3 Å². The van der Waals surface area contributed by atoms with E-state index in [4.69, 9.17) is 17.4 Å². The number of halogens is 1. The molecule has 0 aliphatic heterocycles. The molecule has 1 aromatic rings. The van der Waals surface area contributed by atoms with E-state index >= 15 is 0 Å². The van der Waals surface area contributed by atoms with Crippen LogP contribution in [0.5, 0.6) is 0 Å². The maximum atomic E-state index is 5.97. The van der Waals surface area contributed by atoms with Crippen molar-refractivity contribution in [2.75, 3.05) is 0 Å². The molecule has 1 rings (SSSR count). The number of hydrogen-bond acceptors (Lipinski definition) is 3. The van der Waals surface area contributed by atoms with Crippen LogP contribution in [0.3, 0.4) is 0 Å². The summed E-state index contributed by atoms with van der Waals surface area (Å²) in [6.45, 7) is 3.67. The molecule has 14 heavy (non-hydrogen) atoms. The van der Waals surface area contributed by atoms with Crippen molar-refractivity contribution in [1.29, 1.82) is 0 Å². The highest BCUT2D eigenvalue weighted by molar-refractivity contribution is 6.31. The molecule has 1 heterocycles. The first-order valence-electron chi connectivity index (χ1n) is 4.43. The molecule has 0 aliphatic rings. The second-order valence-electron chi connectivity index (χ2n) is 3.06. The first kappa shape index (κ1) is 11.2. The van der Waals surface area contributed by atoms with E-state index < -0.39 is 0 Å². The van der Waals surface area contributed by atoms with E-state index in [1.54, 1.807) is 12.4 Å². The average molecular weight is 212 g/mol. The summed E-state index contributed by atoms with van der Waals surface area (Å²) in [4.78, 5) is 3.92. The van der Waals surface area contributed by atoms with Crippen LogP contribution in [0.1, 0.15) is 12.0 Å². The van der Waals surface area contributed by atoms with E-state index in [0.717, 1.165) is 18.4 Å². The minimum Gasteiger partial charge on any atom is -0.271 e. The van der Waals surface area contributed by atoms with Crippen molar-refractivity contribution >= 4 is 11.6 Å². The number of hydrazine groups is 1. The fraction of sp³-hybridized carbons (Fsp3) is 0.300. The third kappa shape index (κ3) is 3.10. The van der Waals surface area contributed by atoms with E-state index in [1.165, 1.54) is 0 Å². The second kappa shape index (κ2) is 5.75. The van der Waals surface area contributed by atoms with Crippen molar-refractivity contribution in [2.24, 2.45) is 5.84 Å². The summed E-state index contributed by atoms with van der Waals surface area (Å²) in [5, 5.41) is 0.678. The molecule has 1 atom stereocenters. The maximum Gasteiger partial charge on any atom is 0.0621 e. The summed E-state index contributed by atoms with van der Waals surface area (Å²) in [7, 11) is 0. The van der Waals surface area contributed by atoms with Gasteiger partial charge in [-0.1, -0.05) is 17.7 Å². The highest BCUT2D eigenvalue weighted by Gasteiger charge is 2.07. The lowest BCUT2D eigenvalue weighted by Gasteiger charge is -2.14. The van der Waals surface area contributed by atoms with Crippen LogP contribution in [-0.4, -0.2) is 11.0 Å². The summed E-state index contributed by atoms with van der Waals surface area (Å²) in [6.07, 6.45) is 6.79. The maximum absolute atomic E-state index is 5.97. The SMILES string of the molecule is C=CCC(Cc1ccncc1Cl)NN. The van der Waals surface area contributed by atoms with Gasteiger partial charge < -0.3 is 0 Å². The Bertz CT molecular complexity index is 301. The number of aromatic nitrogens is 1. The Morgan fingerprint density at radius 3 is 3.07 bits per heavy atom. The van der Waals surface area contributed by atoms with E-state index in [2.05, 4.69) is 17.0 Å². The molecule has 1 unspecified atom stereocenters. The van der Waals surface area contributed by atoms with Gasteiger partial charge in [-0.25, -0.2) is 0 Å². The monoisotopic (exact) mass is 211 g/mol. The van der Waals surface area contributed by atoms with Gasteiger partial charge in [-0.3, -0.25) is 16.3 Å². The first-order valence-corrected chi connectivity index (χ1v) is 4.81. The van der Waals surface area contributed by atoms with Crippen LogP contribution in [0.25, 0.3) is 0 Å². The van der Waals surface area contributed by atoms with Crippen molar-refractivity contribution in [3.8, 4) is 0 Å². The summed E-state index contributed by atoms with van der Waals surface area (Å²) in [5.74, 6) is 5.40. The smallest absolute Gasteiger partial charge is 0.0621 e. The summed E-state index contributed by atoms with van der Waals surface area (Å²) >= 11 is 5.97. The molecule has 3 nitrogen and oxygen atoms in total. The van der Waals surface area contributed by atoms with Gasteiger partial charge in [-0.2, -0.15) is 0 Å². The number of nitrogens with two attached hydrogens (primary N) is 1. The Hall–Kier alpha value is -0.900. The van der Waals surface area contributed by atoms with Gasteiger partial charge in [0.25, 0.3) is 0 Å². The Kier molecular flexibility index (Phi) is 4.59. The molecule has 0 aromatic carbocycles. The summed E-state index contributed by atoms with van der Waals surface area (Å²) < 4.78 is 0. The van der Waals surface area contributed by atoms with Crippen molar-refractivity contribution in [3.63, 3.8) is 0 Å². The van der Waals surface area contributed by atoms with Crippen LogP contribution in [0.15, 0.2) is 31.1 Å². The topological polar surface area (TPSA) is 50.9 Å². The fourth-order valence-electron chi connectivity index (χ4n) is 1.25. The molecule has 0 aliphatic carbocycles. The minimum atomic E-state index is 0.174. The lowest BCUT2D eigenvalue weighted by Crippen LogP contribution is -2.36. The molecule has 3 N–H and O–H groups in total. The molecule has 4 heteroatoms. The fourth-order valence-corrected chi connectivity index (χ4v) is 1.44. The lowest BCUT2D eigenvalue weighted by atomic mass is 10.1. The molecular weight excluding hydrogens is 198 g/mol. The van der Waals surface area contributed by atoms with Gasteiger partial charge in [0.2, 0.25) is 0 Å². The Balaban J connectivity index is 2.66. The third-order valence-electron chi connectivity index (χ3n) is 2.01. The van der Waals surface area contributed by atoms with Gasteiger partial charge in [0, 0.05) is 18.4 Å². The largest absolute Gasteiger partial charge is 0.271 e. The predicted molar refractivity (Wildman–Crippen MR) is 58.9 cm³/mol. The number of nitrogens with zero attached hydrogens (tertiary/aromatic N) is 1. The normalized spacial score (nSPS) is 12.4. The zero-order valence-electron chi connectivity index (χ0n) is 7.91. The zero-order chi connectivity index (χ0) is 10.4. The van der Waals surface area contributed by atoms with Crippen LogP contribution in [0, 0.1) is 0 Å². The molecule has 0 saturated carbocycles. The van der Waals surface area contributed by atoms with Crippen LogP contribution >= 0.6 is 11.6 Å². The van der Waals surface area contributed by atoms with Gasteiger partial charge in [0.15, 0.2) is 0 Å². The van der Waals surface area contributed by atoms with Gasteiger partial charge in [-0.15, -0.1) is 6.58 Å². The Morgan fingerprint density at radius 2 is 2.50 bits per heavy atom. The Labute approximate surface area is 88.9 Å². The molecule has 0 amide bonds. The molecule has 0 spiro atoms.